The summed E-state index contributed by atoms with van der Waals surface area (Å²) in [6.07, 6.45) is 0. The van der Waals surface area contributed by atoms with Crippen molar-refractivity contribution in [3.8, 4) is 11.5 Å². The van der Waals surface area contributed by atoms with Gasteiger partial charge in [0.05, 0.1) is 14.2 Å². The highest BCUT2D eigenvalue weighted by molar-refractivity contribution is 5.28. The van der Waals surface area contributed by atoms with Gasteiger partial charge < -0.3 is 19.7 Å². The normalized spacial score (nSPS) is 10.6. The van der Waals surface area contributed by atoms with Crippen LogP contribution in [0.25, 0.3) is 0 Å². The number of rotatable bonds is 6. The lowest BCUT2D eigenvalue weighted by molar-refractivity contribution is 0.362. The fourth-order valence-electron chi connectivity index (χ4n) is 1.93. The molecule has 0 heterocycles. The zero-order chi connectivity index (χ0) is 14.4. The van der Waals surface area contributed by atoms with Crippen LogP contribution in [-0.2, 0) is 13.1 Å². The molecule has 0 amide bonds. The van der Waals surface area contributed by atoms with Crippen LogP contribution in [0.15, 0.2) is 48.5 Å². The van der Waals surface area contributed by atoms with E-state index in [4.69, 9.17) is 9.47 Å². The first kappa shape index (κ1) is 14.4. The van der Waals surface area contributed by atoms with Crippen LogP contribution in [0, 0.1) is 5.21 Å². The Bertz CT molecular complexity index is 473. The van der Waals surface area contributed by atoms with Crippen molar-refractivity contribution in [2.24, 2.45) is 0 Å². The molecular weight excluding hydrogens is 254 g/mol. The Morgan fingerprint density at radius 2 is 1.10 bits per heavy atom. The predicted octanol–water partition coefficient (Wildman–Crippen LogP) is 3.20. The first-order valence-electron chi connectivity index (χ1n) is 6.39. The number of nitrogens with zero attached hydrogens (tertiary/aromatic N) is 1. The molecule has 0 bridgehead atoms. The lowest BCUT2D eigenvalue weighted by Crippen LogP contribution is -2.15. The molecule has 106 valence electrons. The highest BCUT2D eigenvalue weighted by Gasteiger charge is 1.99. The van der Waals surface area contributed by atoms with E-state index >= 15 is 0 Å². The van der Waals surface area contributed by atoms with Crippen molar-refractivity contribution in [3.05, 3.63) is 64.9 Å². The van der Waals surface area contributed by atoms with E-state index < -0.39 is 0 Å². The summed E-state index contributed by atoms with van der Waals surface area (Å²) in [7, 11) is 3.25. The van der Waals surface area contributed by atoms with Gasteiger partial charge in [0.1, 0.15) is 11.5 Å². The first-order chi connectivity index (χ1) is 9.71. The minimum Gasteiger partial charge on any atom is -0.785 e. The Kier molecular flexibility index (Phi) is 4.98. The standard InChI is InChI=1S/C16H18NO3/c1-19-15-7-3-13(4-8-15)11-17(18)12-14-5-9-16(20-2)10-6-14/h3-10H,11-12H2,1-2H3/q-1. The van der Waals surface area contributed by atoms with Crippen LogP contribution in [0.3, 0.4) is 0 Å². The lowest BCUT2D eigenvalue weighted by atomic mass is 10.2. The first-order valence-corrected chi connectivity index (χ1v) is 6.39. The maximum atomic E-state index is 11.9. The van der Waals surface area contributed by atoms with Crippen molar-refractivity contribution in [3.63, 3.8) is 0 Å². The molecule has 2 aromatic carbocycles. The zero-order valence-electron chi connectivity index (χ0n) is 11.7. The van der Waals surface area contributed by atoms with Gasteiger partial charge in [-0.05, 0) is 35.4 Å². The maximum absolute atomic E-state index is 11.9. The molecular formula is C16H18NO3-. The number of hydrogen-bond donors (Lipinski definition) is 0. The quantitative estimate of drug-likeness (QED) is 0.757. The predicted molar refractivity (Wildman–Crippen MR) is 78.6 cm³/mol. The third-order valence-electron chi connectivity index (χ3n) is 3.04. The highest BCUT2D eigenvalue weighted by Crippen LogP contribution is 2.16. The third kappa shape index (κ3) is 3.98. The van der Waals surface area contributed by atoms with Crippen LogP contribution in [0.4, 0.5) is 0 Å². The van der Waals surface area contributed by atoms with Crippen LogP contribution in [0.2, 0.25) is 0 Å². The molecule has 0 unspecified atom stereocenters. The zero-order valence-corrected chi connectivity index (χ0v) is 11.7. The Hall–Kier alpha value is -2.04. The summed E-state index contributed by atoms with van der Waals surface area (Å²) in [5, 5.41) is 13.0. The molecule has 2 aromatic rings. The summed E-state index contributed by atoms with van der Waals surface area (Å²) in [6.45, 7) is 0.714. The Morgan fingerprint density at radius 3 is 1.40 bits per heavy atom. The molecule has 2 rings (SSSR count). The molecule has 20 heavy (non-hydrogen) atoms. The Labute approximate surface area is 119 Å². The molecule has 4 nitrogen and oxygen atoms in total. The molecule has 0 radical (unpaired) electrons. The molecule has 0 saturated heterocycles. The van der Waals surface area contributed by atoms with Crippen LogP contribution in [0.1, 0.15) is 11.1 Å². The van der Waals surface area contributed by atoms with Gasteiger partial charge in [0.15, 0.2) is 0 Å². The maximum Gasteiger partial charge on any atom is 0.118 e. The minimum atomic E-state index is 0.357. The molecule has 0 fully saturated rings. The largest absolute Gasteiger partial charge is 0.785 e. The number of hydrogen-bond acceptors (Lipinski definition) is 4. The smallest absolute Gasteiger partial charge is 0.118 e. The molecule has 0 aliphatic heterocycles. The summed E-state index contributed by atoms with van der Waals surface area (Å²) in [6, 6.07) is 15.0. The van der Waals surface area contributed by atoms with Gasteiger partial charge in [-0.3, -0.25) is 0 Å². The van der Waals surface area contributed by atoms with E-state index in [0.717, 1.165) is 27.7 Å². The summed E-state index contributed by atoms with van der Waals surface area (Å²) >= 11 is 0. The number of hydroxylamine groups is 2. The van der Waals surface area contributed by atoms with Crippen molar-refractivity contribution in [1.82, 2.24) is 5.06 Å². The second kappa shape index (κ2) is 6.93. The van der Waals surface area contributed by atoms with Crippen molar-refractivity contribution >= 4 is 0 Å². The van der Waals surface area contributed by atoms with E-state index in [1.807, 2.05) is 48.5 Å². The van der Waals surface area contributed by atoms with Crippen molar-refractivity contribution in [1.29, 1.82) is 0 Å². The molecule has 4 heteroatoms. The van der Waals surface area contributed by atoms with Crippen LogP contribution in [0.5, 0.6) is 11.5 Å². The van der Waals surface area contributed by atoms with E-state index in [1.165, 1.54) is 0 Å². The van der Waals surface area contributed by atoms with Gasteiger partial charge in [-0.25, -0.2) is 0 Å². The summed E-state index contributed by atoms with van der Waals surface area (Å²) in [5.74, 6) is 1.59. The topological polar surface area (TPSA) is 44.8 Å². The summed E-state index contributed by atoms with van der Waals surface area (Å²) < 4.78 is 10.2. The van der Waals surface area contributed by atoms with Crippen molar-refractivity contribution < 1.29 is 9.47 Å². The van der Waals surface area contributed by atoms with Gasteiger partial charge >= 0.3 is 0 Å². The Balaban J connectivity index is 1.91. The van der Waals surface area contributed by atoms with Gasteiger partial charge in [0.2, 0.25) is 0 Å². The van der Waals surface area contributed by atoms with Crippen LogP contribution >= 0.6 is 0 Å². The number of methoxy groups -OCH3 is 2. The monoisotopic (exact) mass is 272 g/mol. The average molecular weight is 272 g/mol. The van der Waals surface area contributed by atoms with Gasteiger partial charge in [-0.15, -0.1) is 0 Å². The fraction of sp³-hybridized carbons (Fsp3) is 0.250. The van der Waals surface area contributed by atoms with Crippen LogP contribution in [-0.4, -0.2) is 19.3 Å². The minimum absolute atomic E-state index is 0.357. The highest BCUT2D eigenvalue weighted by atomic mass is 16.5. The SMILES string of the molecule is COc1ccc(CN([O-])Cc2ccc(OC)cc2)cc1. The van der Waals surface area contributed by atoms with Crippen molar-refractivity contribution in [2.75, 3.05) is 14.2 Å². The summed E-state index contributed by atoms with van der Waals surface area (Å²) in [5.41, 5.74) is 1.93. The Morgan fingerprint density at radius 1 is 0.750 bits per heavy atom. The second-order valence-electron chi connectivity index (χ2n) is 4.49. The van der Waals surface area contributed by atoms with Gasteiger partial charge in [-0.1, -0.05) is 24.3 Å². The van der Waals surface area contributed by atoms with Gasteiger partial charge in [-0.2, -0.15) is 0 Å². The molecule has 0 aliphatic carbocycles. The molecule has 0 saturated carbocycles. The number of ether oxygens (including phenoxy) is 2. The second-order valence-corrected chi connectivity index (χ2v) is 4.49. The molecule has 0 atom stereocenters. The van der Waals surface area contributed by atoms with E-state index in [0.29, 0.717) is 13.1 Å². The van der Waals surface area contributed by atoms with E-state index in [1.54, 1.807) is 14.2 Å². The number of benzene rings is 2. The molecule has 0 aliphatic rings. The van der Waals surface area contributed by atoms with Crippen molar-refractivity contribution in [2.45, 2.75) is 13.1 Å². The third-order valence-corrected chi connectivity index (χ3v) is 3.04. The van der Waals surface area contributed by atoms with E-state index in [2.05, 4.69) is 0 Å². The molecule has 0 N–H and O–H groups in total. The molecule has 0 aromatic heterocycles. The van der Waals surface area contributed by atoms with E-state index in [9.17, 15) is 5.21 Å². The van der Waals surface area contributed by atoms with Gasteiger partial charge in [0.25, 0.3) is 0 Å². The molecule has 0 spiro atoms. The summed E-state index contributed by atoms with van der Waals surface area (Å²) in [4.78, 5) is 0. The van der Waals surface area contributed by atoms with E-state index in [-0.39, 0.29) is 0 Å². The van der Waals surface area contributed by atoms with Crippen LogP contribution < -0.4 is 9.47 Å². The van der Waals surface area contributed by atoms with Gasteiger partial charge in [0, 0.05) is 13.1 Å². The fourth-order valence-corrected chi connectivity index (χ4v) is 1.93. The lowest BCUT2D eigenvalue weighted by Gasteiger charge is -2.28. The average Bonchev–Trinajstić information content (AvgIpc) is 2.49.